The van der Waals surface area contributed by atoms with Crippen LogP contribution in [0.5, 0.6) is 0 Å². The molecule has 0 bridgehead atoms. The molecule has 0 spiro atoms. The summed E-state index contributed by atoms with van der Waals surface area (Å²) < 4.78 is 7.43. The molecule has 5 nitrogen and oxygen atoms in total. The summed E-state index contributed by atoms with van der Waals surface area (Å²) in [6.07, 6.45) is 6.46. The van der Waals surface area contributed by atoms with Crippen molar-refractivity contribution in [2.45, 2.75) is 25.4 Å². The lowest BCUT2D eigenvalue weighted by Crippen LogP contribution is -2.22. The van der Waals surface area contributed by atoms with Crippen LogP contribution in [0.25, 0.3) is 11.3 Å². The van der Waals surface area contributed by atoms with Crippen molar-refractivity contribution in [3.05, 3.63) is 60.1 Å². The van der Waals surface area contributed by atoms with Gasteiger partial charge in [0.2, 0.25) is 0 Å². The van der Waals surface area contributed by atoms with Gasteiger partial charge >= 0.3 is 0 Å². The maximum atomic E-state index is 5.56. The van der Waals surface area contributed by atoms with E-state index in [1.165, 1.54) is 18.4 Å². The fraction of sp³-hybridized carbons (Fsp3) is 0.333. The molecular formula is C18H20N4O. The number of likely N-dealkylation sites (tertiary alicyclic amines) is 1. The molecule has 0 radical (unpaired) electrons. The van der Waals surface area contributed by atoms with Crippen LogP contribution in [-0.4, -0.2) is 26.4 Å². The standard InChI is InChI=1S/C18H20N4O/c1-21-12-15(11-19-21)18-8-5-9-22(18)13-16-10-17(20-23-16)14-6-3-2-4-7-14/h2-4,6-7,10-12,18H,5,8-9,13H2,1H3/t18-/m0/s1. The Bertz CT molecular complexity index is 777. The van der Waals surface area contributed by atoms with Crippen LogP contribution in [0.3, 0.4) is 0 Å². The lowest BCUT2D eigenvalue weighted by Gasteiger charge is -2.21. The van der Waals surface area contributed by atoms with E-state index in [9.17, 15) is 0 Å². The minimum Gasteiger partial charge on any atom is -0.359 e. The SMILES string of the molecule is Cn1cc([C@@H]2CCCN2Cc2cc(-c3ccccc3)no2)cn1. The van der Waals surface area contributed by atoms with Gasteiger partial charge in [-0.3, -0.25) is 9.58 Å². The fourth-order valence-corrected chi connectivity index (χ4v) is 3.34. The van der Waals surface area contributed by atoms with Gasteiger partial charge < -0.3 is 4.52 Å². The third kappa shape index (κ3) is 2.92. The Balaban J connectivity index is 1.50. The highest BCUT2D eigenvalue weighted by Gasteiger charge is 2.28. The van der Waals surface area contributed by atoms with Crippen molar-refractivity contribution in [1.82, 2.24) is 19.8 Å². The first-order valence-electron chi connectivity index (χ1n) is 8.03. The average molecular weight is 308 g/mol. The van der Waals surface area contributed by atoms with Crippen molar-refractivity contribution in [2.75, 3.05) is 6.54 Å². The molecule has 0 N–H and O–H groups in total. The van der Waals surface area contributed by atoms with Gasteiger partial charge in [0.05, 0.1) is 12.7 Å². The van der Waals surface area contributed by atoms with Crippen LogP contribution < -0.4 is 0 Å². The molecule has 1 saturated heterocycles. The molecule has 1 atom stereocenters. The quantitative estimate of drug-likeness (QED) is 0.741. The lowest BCUT2D eigenvalue weighted by molar-refractivity contribution is 0.217. The Morgan fingerprint density at radius 3 is 2.91 bits per heavy atom. The van der Waals surface area contributed by atoms with Gasteiger partial charge in [-0.05, 0) is 19.4 Å². The number of aromatic nitrogens is 3. The summed E-state index contributed by atoms with van der Waals surface area (Å²) in [5.74, 6) is 0.916. The van der Waals surface area contributed by atoms with Crippen LogP contribution in [0.4, 0.5) is 0 Å². The monoisotopic (exact) mass is 308 g/mol. The molecule has 1 aromatic carbocycles. The summed E-state index contributed by atoms with van der Waals surface area (Å²) in [7, 11) is 1.96. The third-order valence-corrected chi connectivity index (χ3v) is 4.46. The van der Waals surface area contributed by atoms with E-state index in [0.29, 0.717) is 6.04 Å². The molecule has 0 aliphatic carbocycles. The largest absolute Gasteiger partial charge is 0.359 e. The van der Waals surface area contributed by atoms with Gasteiger partial charge in [-0.25, -0.2) is 0 Å². The predicted octanol–water partition coefficient (Wildman–Crippen LogP) is 3.41. The zero-order chi connectivity index (χ0) is 15.6. The highest BCUT2D eigenvalue weighted by molar-refractivity contribution is 5.58. The fourth-order valence-electron chi connectivity index (χ4n) is 3.34. The molecular weight excluding hydrogens is 288 g/mol. The summed E-state index contributed by atoms with van der Waals surface area (Å²) in [5.41, 5.74) is 3.28. The van der Waals surface area contributed by atoms with Crippen molar-refractivity contribution in [2.24, 2.45) is 7.05 Å². The molecule has 4 rings (SSSR count). The second-order valence-electron chi connectivity index (χ2n) is 6.12. The van der Waals surface area contributed by atoms with E-state index in [-0.39, 0.29) is 0 Å². The van der Waals surface area contributed by atoms with E-state index in [2.05, 4.69) is 33.5 Å². The summed E-state index contributed by atoms with van der Waals surface area (Å²) in [4.78, 5) is 2.45. The zero-order valence-corrected chi connectivity index (χ0v) is 13.2. The molecule has 1 aliphatic heterocycles. The van der Waals surface area contributed by atoms with Gasteiger partial charge in [0.15, 0.2) is 5.76 Å². The van der Waals surface area contributed by atoms with E-state index >= 15 is 0 Å². The molecule has 3 heterocycles. The number of aryl methyl sites for hydroxylation is 1. The first-order chi connectivity index (χ1) is 11.3. The molecule has 5 heteroatoms. The van der Waals surface area contributed by atoms with Gasteiger partial charge in [0.1, 0.15) is 5.69 Å². The Kier molecular flexibility index (Phi) is 3.71. The molecule has 0 amide bonds. The van der Waals surface area contributed by atoms with Crippen LogP contribution in [0.2, 0.25) is 0 Å². The van der Waals surface area contributed by atoms with E-state index in [4.69, 9.17) is 4.52 Å². The molecule has 0 saturated carbocycles. The van der Waals surface area contributed by atoms with Crippen LogP contribution in [0.1, 0.15) is 30.2 Å². The Morgan fingerprint density at radius 2 is 2.13 bits per heavy atom. The maximum Gasteiger partial charge on any atom is 0.151 e. The number of hydrogen-bond acceptors (Lipinski definition) is 4. The Morgan fingerprint density at radius 1 is 1.26 bits per heavy atom. The van der Waals surface area contributed by atoms with Crippen LogP contribution in [0.15, 0.2) is 53.3 Å². The van der Waals surface area contributed by atoms with Crippen molar-refractivity contribution < 1.29 is 4.52 Å². The normalized spacial score (nSPS) is 18.6. The predicted molar refractivity (Wildman–Crippen MR) is 87.5 cm³/mol. The van der Waals surface area contributed by atoms with Crippen molar-refractivity contribution >= 4 is 0 Å². The average Bonchev–Trinajstić information content (AvgIpc) is 3.29. The second-order valence-corrected chi connectivity index (χ2v) is 6.12. The van der Waals surface area contributed by atoms with E-state index in [1.807, 2.05) is 42.2 Å². The van der Waals surface area contributed by atoms with E-state index in [1.54, 1.807) is 0 Å². The van der Waals surface area contributed by atoms with Gasteiger partial charge in [0.25, 0.3) is 0 Å². The Hall–Kier alpha value is -2.40. The molecule has 3 aromatic rings. The van der Waals surface area contributed by atoms with Crippen molar-refractivity contribution in [3.63, 3.8) is 0 Å². The minimum absolute atomic E-state index is 0.425. The smallest absolute Gasteiger partial charge is 0.151 e. The zero-order valence-electron chi connectivity index (χ0n) is 13.2. The molecule has 1 aliphatic rings. The lowest BCUT2D eigenvalue weighted by atomic mass is 10.1. The van der Waals surface area contributed by atoms with Gasteiger partial charge in [0, 0.05) is 36.5 Å². The first-order valence-corrected chi connectivity index (χ1v) is 8.03. The van der Waals surface area contributed by atoms with E-state index < -0.39 is 0 Å². The first kappa shape index (κ1) is 14.2. The number of benzene rings is 1. The van der Waals surface area contributed by atoms with Gasteiger partial charge in [-0.1, -0.05) is 35.5 Å². The summed E-state index contributed by atoms with van der Waals surface area (Å²) >= 11 is 0. The molecule has 0 unspecified atom stereocenters. The summed E-state index contributed by atoms with van der Waals surface area (Å²) in [6.45, 7) is 1.88. The van der Waals surface area contributed by atoms with Crippen molar-refractivity contribution in [3.8, 4) is 11.3 Å². The third-order valence-electron chi connectivity index (χ3n) is 4.46. The molecule has 1 fully saturated rings. The van der Waals surface area contributed by atoms with Crippen LogP contribution in [-0.2, 0) is 13.6 Å². The van der Waals surface area contributed by atoms with E-state index in [0.717, 1.165) is 30.1 Å². The van der Waals surface area contributed by atoms with Gasteiger partial charge in [-0.15, -0.1) is 0 Å². The molecule has 2 aromatic heterocycles. The number of nitrogens with zero attached hydrogens (tertiary/aromatic N) is 4. The van der Waals surface area contributed by atoms with Crippen LogP contribution in [0, 0.1) is 0 Å². The van der Waals surface area contributed by atoms with Crippen molar-refractivity contribution in [1.29, 1.82) is 0 Å². The number of rotatable bonds is 4. The maximum absolute atomic E-state index is 5.56. The van der Waals surface area contributed by atoms with Gasteiger partial charge in [-0.2, -0.15) is 5.10 Å². The minimum atomic E-state index is 0.425. The summed E-state index contributed by atoms with van der Waals surface area (Å²) in [6, 6.07) is 12.6. The molecule has 118 valence electrons. The molecule has 23 heavy (non-hydrogen) atoms. The topological polar surface area (TPSA) is 47.1 Å². The summed E-state index contributed by atoms with van der Waals surface area (Å²) in [5, 5.41) is 8.51. The Labute approximate surface area is 135 Å². The second kappa shape index (κ2) is 6.01. The number of hydrogen-bond donors (Lipinski definition) is 0. The highest BCUT2D eigenvalue weighted by Crippen LogP contribution is 2.33. The highest BCUT2D eigenvalue weighted by atomic mass is 16.5. The van der Waals surface area contributed by atoms with Crippen LogP contribution >= 0.6 is 0 Å².